The summed E-state index contributed by atoms with van der Waals surface area (Å²) in [6.07, 6.45) is -4.61. The first-order valence-corrected chi connectivity index (χ1v) is 11.1. The van der Waals surface area contributed by atoms with Crippen molar-refractivity contribution in [3.8, 4) is 6.07 Å². The average molecular weight is 488 g/mol. The molecule has 0 saturated carbocycles. The number of fused-ring (bicyclic) bond motifs is 1. The summed E-state index contributed by atoms with van der Waals surface area (Å²) in [5, 5.41) is 9.29. The molecule has 2 aromatic heterocycles. The molecule has 2 unspecified atom stereocenters. The number of piperazine rings is 1. The second kappa shape index (κ2) is 8.92. The summed E-state index contributed by atoms with van der Waals surface area (Å²) in [6.45, 7) is 6.47. The Hall–Kier alpha value is -3.52. The van der Waals surface area contributed by atoms with E-state index in [0.29, 0.717) is 36.0 Å². The number of nitrogens with zero attached hydrogens (tertiary/aromatic N) is 6. The first-order valence-electron chi connectivity index (χ1n) is 11.1. The minimum Gasteiger partial charge on any atom is -0.349 e. The number of aryl methyl sites for hydroxylation is 1. The number of pyridine rings is 1. The van der Waals surface area contributed by atoms with Crippen molar-refractivity contribution in [1.29, 1.82) is 5.26 Å². The molecule has 1 aliphatic rings. The van der Waals surface area contributed by atoms with Crippen LogP contribution in [0.1, 0.15) is 43.6 Å². The Labute approximate surface area is 199 Å². The van der Waals surface area contributed by atoms with Gasteiger partial charge in [-0.05, 0) is 45.0 Å². The number of benzene rings is 1. The zero-order chi connectivity index (χ0) is 25.7. The third kappa shape index (κ3) is 4.46. The Bertz CT molecular complexity index is 1380. The van der Waals surface area contributed by atoms with E-state index in [2.05, 4.69) is 9.97 Å². The fraction of sp³-hybridized carbons (Fsp3) is 0.417. The lowest BCUT2D eigenvalue weighted by Crippen LogP contribution is -2.57. The SMILES string of the molecule is CC1CN(c2nc(=O)n(C)c3ccc(C#N)nc23)[C@@H](C)CN1C(C)c1ccc(C(F)(F)F)cc1F. The van der Waals surface area contributed by atoms with Gasteiger partial charge in [0.15, 0.2) is 5.82 Å². The molecule has 1 saturated heterocycles. The smallest absolute Gasteiger partial charge is 0.349 e. The van der Waals surface area contributed by atoms with Crippen molar-refractivity contribution >= 4 is 16.9 Å². The summed E-state index contributed by atoms with van der Waals surface area (Å²) in [6, 6.07) is 7.01. The van der Waals surface area contributed by atoms with Crippen molar-refractivity contribution in [3.05, 3.63) is 63.5 Å². The van der Waals surface area contributed by atoms with Gasteiger partial charge in [0, 0.05) is 43.8 Å². The van der Waals surface area contributed by atoms with Gasteiger partial charge < -0.3 is 4.90 Å². The number of halogens is 4. The fourth-order valence-corrected chi connectivity index (χ4v) is 4.68. The van der Waals surface area contributed by atoms with E-state index in [1.165, 1.54) is 16.7 Å². The molecule has 4 rings (SSSR count). The Morgan fingerprint density at radius 2 is 1.83 bits per heavy atom. The Morgan fingerprint density at radius 1 is 1.11 bits per heavy atom. The highest BCUT2D eigenvalue weighted by atomic mass is 19.4. The maximum Gasteiger partial charge on any atom is 0.416 e. The first-order chi connectivity index (χ1) is 16.4. The number of anilines is 1. The van der Waals surface area contributed by atoms with E-state index in [4.69, 9.17) is 0 Å². The van der Waals surface area contributed by atoms with E-state index in [1.54, 1.807) is 20.0 Å². The van der Waals surface area contributed by atoms with Crippen molar-refractivity contribution in [1.82, 2.24) is 19.4 Å². The minimum atomic E-state index is -4.61. The number of hydrogen-bond acceptors (Lipinski definition) is 6. The van der Waals surface area contributed by atoms with Crippen LogP contribution in [0.15, 0.2) is 35.1 Å². The number of aromatic nitrogens is 3. The molecule has 0 aliphatic carbocycles. The topological polar surface area (TPSA) is 78.0 Å². The predicted molar refractivity (Wildman–Crippen MR) is 122 cm³/mol. The normalized spacial score (nSPS) is 20.1. The van der Waals surface area contributed by atoms with Crippen molar-refractivity contribution in [2.45, 2.75) is 45.1 Å². The molecule has 35 heavy (non-hydrogen) atoms. The van der Waals surface area contributed by atoms with Crippen LogP contribution in [0, 0.1) is 17.1 Å². The first kappa shape index (κ1) is 24.6. The van der Waals surface area contributed by atoms with Crippen LogP contribution in [0.25, 0.3) is 11.0 Å². The molecule has 3 atom stereocenters. The second-order valence-corrected chi connectivity index (χ2v) is 8.91. The maximum absolute atomic E-state index is 14.7. The standard InChI is InChI=1S/C24H24F4N6O/c1-13-12-34(22-21-20(32(4)23(35)31-22)8-6-17(10-29)30-21)14(2)11-33(13)15(3)18-7-5-16(9-19(18)25)24(26,27)28/h5-9,13-15H,11-12H2,1-4H3/t13?,14-,15?/m0/s1. The van der Waals surface area contributed by atoms with Gasteiger partial charge in [-0.2, -0.15) is 23.4 Å². The highest BCUT2D eigenvalue weighted by Crippen LogP contribution is 2.35. The van der Waals surface area contributed by atoms with Gasteiger partial charge in [0.25, 0.3) is 0 Å². The molecule has 7 nitrogen and oxygen atoms in total. The molecule has 1 fully saturated rings. The second-order valence-electron chi connectivity index (χ2n) is 8.91. The van der Waals surface area contributed by atoms with Crippen LogP contribution in [-0.4, -0.2) is 44.6 Å². The Kier molecular flexibility index (Phi) is 6.27. The van der Waals surface area contributed by atoms with Gasteiger partial charge in [0.2, 0.25) is 0 Å². The molecule has 0 spiro atoms. The van der Waals surface area contributed by atoms with E-state index >= 15 is 0 Å². The van der Waals surface area contributed by atoms with Gasteiger partial charge in [-0.1, -0.05) is 6.07 Å². The molecule has 3 aromatic rings. The molecule has 11 heteroatoms. The zero-order valence-corrected chi connectivity index (χ0v) is 19.6. The highest BCUT2D eigenvalue weighted by molar-refractivity contribution is 5.86. The van der Waals surface area contributed by atoms with Gasteiger partial charge in [-0.3, -0.25) is 9.47 Å². The number of alkyl halides is 3. The van der Waals surface area contributed by atoms with E-state index in [-0.39, 0.29) is 23.3 Å². The van der Waals surface area contributed by atoms with Crippen molar-refractivity contribution in [3.63, 3.8) is 0 Å². The van der Waals surface area contributed by atoms with Gasteiger partial charge in [0.1, 0.15) is 23.1 Å². The molecular weight excluding hydrogens is 464 g/mol. The predicted octanol–water partition coefficient (Wildman–Crippen LogP) is 4.02. The third-order valence-electron chi connectivity index (χ3n) is 6.63. The molecule has 0 amide bonds. The lowest BCUT2D eigenvalue weighted by Gasteiger charge is -2.47. The van der Waals surface area contributed by atoms with Crippen LogP contribution < -0.4 is 10.6 Å². The molecule has 0 N–H and O–H groups in total. The number of hydrogen-bond donors (Lipinski definition) is 0. The Balaban J connectivity index is 1.66. The van der Waals surface area contributed by atoms with Crippen molar-refractivity contribution in [2.75, 3.05) is 18.0 Å². The van der Waals surface area contributed by atoms with Gasteiger partial charge in [-0.25, -0.2) is 14.2 Å². The summed E-state index contributed by atoms with van der Waals surface area (Å²) in [7, 11) is 1.58. The Morgan fingerprint density at radius 3 is 2.46 bits per heavy atom. The zero-order valence-electron chi connectivity index (χ0n) is 19.6. The summed E-state index contributed by atoms with van der Waals surface area (Å²) < 4.78 is 54.9. The van der Waals surface area contributed by atoms with E-state index < -0.39 is 29.3 Å². The van der Waals surface area contributed by atoms with Crippen molar-refractivity contribution < 1.29 is 17.6 Å². The lowest BCUT2D eigenvalue weighted by molar-refractivity contribution is -0.137. The molecule has 184 valence electrons. The minimum absolute atomic E-state index is 0.150. The van der Waals surface area contributed by atoms with Crippen LogP contribution in [0.2, 0.25) is 0 Å². The quantitative estimate of drug-likeness (QED) is 0.519. The number of nitriles is 1. The van der Waals surface area contributed by atoms with Gasteiger partial charge >= 0.3 is 11.9 Å². The van der Waals surface area contributed by atoms with E-state index in [9.17, 15) is 27.6 Å². The summed E-state index contributed by atoms with van der Waals surface area (Å²) in [5.41, 5.74) is -0.124. The molecular formula is C24H24F4N6O. The van der Waals surface area contributed by atoms with Crippen LogP contribution in [0.3, 0.4) is 0 Å². The molecule has 1 aromatic carbocycles. The van der Waals surface area contributed by atoms with Crippen LogP contribution in [-0.2, 0) is 13.2 Å². The van der Waals surface area contributed by atoms with Gasteiger partial charge in [0.05, 0.1) is 11.1 Å². The van der Waals surface area contributed by atoms with Crippen molar-refractivity contribution in [2.24, 2.45) is 7.05 Å². The van der Waals surface area contributed by atoms with Crippen LogP contribution in [0.4, 0.5) is 23.4 Å². The monoisotopic (exact) mass is 488 g/mol. The molecule has 0 radical (unpaired) electrons. The largest absolute Gasteiger partial charge is 0.416 e. The summed E-state index contributed by atoms with van der Waals surface area (Å²) >= 11 is 0. The van der Waals surface area contributed by atoms with E-state index in [0.717, 1.165) is 6.07 Å². The van der Waals surface area contributed by atoms with Crippen LogP contribution in [0.5, 0.6) is 0 Å². The molecule has 3 heterocycles. The summed E-state index contributed by atoms with van der Waals surface area (Å²) in [4.78, 5) is 25.1. The highest BCUT2D eigenvalue weighted by Gasteiger charge is 2.36. The number of rotatable bonds is 3. The third-order valence-corrected chi connectivity index (χ3v) is 6.63. The molecule has 1 aliphatic heterocycles. The molecule has 0 bridgehead atoms. The maximum atomic E-state index is 14.7. The lowest BCUT2D eigenvalue weighted by atomic mass is 9.99. The summed E-state index contributed by atoms with van der Waals surface area (Å²) in [5.74, 6) is -0.533. The average Bonchev–Trinajstić information content (AvgIpc) is 2.81. The van der Waals surface area contributed by atoms with Crippen LogP contribution >= 0.6 is 0 Å². The van der Waals surface area contributed by atoms with Gasteiger partial charge in [-0.15, -0.1) is 0 Å². The fourth-order valence-electron chi connectivity index (χ4n) is 4.68. The van der Waals surface area contributed by atoms with E-state index in [1.807, 2.05) is 29.7 Å².